The van der Waals surface area contributed by atoms with E-state index >= 15 is 0 Å². The first kappa shape index (κ1) is 19.3. The summed E-state index contributed by atoms with van der Waals surface area (Å²) in [5.74, 6) is 0.438. The number of sulfonamides is 1. The molecule has 27 heavy (non-hydrogen) atoms. The molecule has 0 bridgehead atoms. The van der Waals surface area contributed by atoms with Crippen molar-refractivity contribution in [2.45, 2.75) is 16.6 Å². The summed E-state index contributed by atoms with van der Waals surface area (Å²) in [5.41, 5.74) is 0.489. The average molecular weight is 402 g/mol. The van der Waals surface area contributed by atoms with Crippen molar-refractivity contribution in [3.8, 4) is 0 Å². The standard InChI is InChI=1S/C19H19N3O3S2/c1-2-13-22-18(23)16-10-6-7-11-17(16)21-19(22)26-14-12-20-27(24,25)15-8-4-3-5-9-15/h2-11,20H,1,12-14H2. The van der Waals surface area contributed by atoms with E-state index < -0.39 is 10.0 Å². The highest BCUT2D eigenvalue weighted by Gasteiger charge is 2.14. The summed E-state index contributed by atoms with van der Waals surface area (Å²) in [6, 6.07) is 15.4. The van der Waals surface area contributed by atoms with Crippen LogP contribution in [-0.4, -0.2) is 30.3 Å². The van der Waals surface area contributed by atoms with Gasteiger partial charge in [-0.05, 0) is 24.3 Å². The molecule has 1 aromatic heterocycles. The van der Waals surface area contributed by atoms with Crippen molar-refractivity contribution in [2.75, 3.05) is 12.3 Å². The van der Waals surface area contributed by atoms with Crippen LogP contribution in [0.3, 0.4) is 0 Å². The van der Waals surface area contributed by atoms with Crippen molar-refractivity contribution < 1.29 is 8.42 Å². The van der Waals surface area contributed by atoms with E-state index in [0.29, 0.717) is 28.4 Å². The number of hydrogen-bond donors (Lipinski definition) is 1. The van der Waals surface area contributed by atoms with Gasteiger partial charge in [0, 0.05) is 18.8 Å². The number of aromatic nitrogens is 2. The molecule has 0 fully saturated rings. The van der Waals surface area contributed by atoms with E-state index in [9.17, 15) is 13.2 Å². The van der Waals surface area contributed by atoms with Gasteiger partial charge in [-0.25, -0.2) is 18.1 Å². The highest BCUT2D eigenvalue weighted by molar-refractivity contribution is 7.99. The molecule has 0 aliphatic heterocycles. The molecule has 3 aromatic rings. The van der Waals surface area contributed by atoms with Gasteiger partial charge in [0.25, 0.3) is 5.56 Å². The molecule has 3 rings (SSSR count). The zero-order valence-corrected chi connectivity index (χ0v) is 16.2. The Hall–Kier alpha value is -2.42. The molecule has 0 atom stereocenters. The second kappa shape index (κ2) is 8.51. The highest BCUT2D eigenvalue weighted by atomic mass is 32.2. The molecule has 0 saturated carbocycles. The van der Waals surface area contributed by atoms with Gasteiger partial charge in [0.15, 0.2) is 5.16 Å². The van der Waals surface area contributed by atoms with E-state index in [1.165, 1.54) is 11.8 Å². The predicted octanol–water partition coefficient (Wildman–Crippen LogP) is 2.65. The van der Waals surface area contributed by atoms with Gasteiger partial charge in [0.05, 0.1) is 15.8 Å². The van der Waals surface area contributed by atoms with E-state index in [2.05, 4.69) is 16.3 Å². The van der Waals surface area contributed by atoms with Crippen LogP contribution in [-0.2, 0) is 16.6 Å². The van der Waals surface area contributed by atoms with Crippen LogP contribution in [0.1, 0.15) is 0 Å². The Balaban J connectivity index is 1.74. The summed E-state index contributed by atoms with van der Waals surface area (Å²) in [6.45, 7) is 4.26. The van der Waals surface area contributed by atoms with Crippen molar-refractivity contribution in [1.29, 1.82) is 0 Å². The van der Waals surface area contributed by atoms with E-state index in [1.54, 1.807) is 59.2 Å². The van der Waals surface area contributed by atoms with Gasteiger partial charge in [0.1, 0.15) is 0 Å². The fourth-order valence-electron chi connectivity index (χ4n) is 2.55. The Kier molecular flexibility index (Phi) is 6.10. The molecule has 0 saturated heterocycles. The molecular formula is C19H19N3O3S2. The Morgan fingerprint density at radius 1 is 1.11 bits per heavy atom. The van der Waals surface area contributed by atoms with Gasteiger partial charge < -0.3 is 0 Å². The molecule has 8 heteroatoms. The maximum atomic E-state index is 12.7. The monoisotopic (exact) mass is 401 g/mol. The molecule has 2 aromatic carbocycles. The van der Waals surface area contributed by atoms with Gasteiger partial charge in [-0.3, -0.25) is 9.36 Å². The van der Waals surface area contributed by atoms with Crippen molar-refractivity contribution in [3.05, 3.63) is 77.6 Å². The largest absolute Gasteiger partial charge is 0.283 e. The zero-order chi connectivity index (χ0) is 19.3. The smallest absolute Gasteiger partial charge is 0.262 e. The molecule has 0 radical (unpaired) electrons. The number of thioether (sulfide) groups is 1. The number of allylic oxidation sites excluding steroid dienone is 1. The van der Waals surface area contributed by atoms with Crippen molar-refractivity contribution in [1.82, 2.24) is 14.3 Å². The minimum atomic E-state index is -3.55. The quantitative estimate of drug-likeness (QED) is 0.272. The number of para-hydroxylation sites is 1. The van der Waals surface area contributed by atoms with Crippen LogP contribution < -0.4 is 10.3 Å². The summed E-state index contributed by atoms with van der Waals surface area (Å²) in [4.78, 5) is 17.4. The van der Waals surface area contributed by atoms with Crippen LogP contribution in [0.25, 0.3) is 10.9 Å². The first-order chi connectivity index (χ1) is 13.0. The summed E-state index contributed by atoms with van der Waals surface area (Å²) in [5, 5.41) is 1.09. The summed E-state index contributed by atoms with van der Waals surface area (Å²) < 4.78 is 28.6. The van der Waals surface area contributed by atoms with Crippen molar-refractivity contribution in [2.24, 2.45) is 0 Å². The van der Waals surface area contributed by atoms with Gasteiger partial charge in [-0.2, -0.15) is 0 Å². The molecule has 6 nitrogen and oxygen atoms in total. The third-order valence-corrected chi connectivity index (χ3v) is 6.27. The van der Waals surface area contributed by atoms with E-state index in [4.69, 9.17) is 0 Å². The van der Waals surface area contributed by atoms with E-state index in [1.807, 2.05) is 6.07 Å². The lowest BCUT2D eigenvalue weighted by atomic mass is 10.2. The van der Waals surface area contributed by atoms with Crippen molar-refractivity contribution in [3.63, 3.8) is 0 Å². The molecule has 1 heterocycles. The molecule has 1 N–H and O–H groups in total. The number of hydrogen-bond acceptors (Lipinski definition) is 5. The van der Waals surface area contributed by atoms with Gasteiger partial charge in [0.2, 0.25) is 10.0 Å². The Morgan fingerprint density at radius 2 is 1.81 bits per heavy atom. The van der Waals surface area contributed by atoms with Gasteiger partial charge >= 0.3 is 0 Å². The molecule has 0 amide bonds. The topological polar surface area (TPSA) is 81.1 Å². The molecule has 140 valence electrons. The molecule has 0 aliphatic rings. The Morgan fingerprint density at radius 3 is 2.56 bits per heavy atom. The predicted molar refractivity (Wildman–Crippen MR) is 109 cm³/mol. The van der Waals surface area contributed by atoms with Crippen LogP contribution in [0.15, 0.2) is 82.1 Å². The molecule has 0 unspecified atom stereocenters. The average Bonchev–Trinajstić information content (AvgIpc) is 2.69. The third kappa shape index (κ3) is 4.47. The minimum absolute atomic E-state index is 0.132. The lowest BCUT2D eigenvalue weighted by molar-refractivity contribution is 0.584. The van der Waals surface area contributed by atoms with Gasteiger partial charge in [-0.1, -0.05) is 48.2 Å². The van der Waals surface area contributed by atoms with Crippen LogP contribution in [0.5, 0.6) is 0 Å². The maximum Gasteiger partial charge on any atom is 0.262 e. The number of nitrogens with zero attached hydrogens (tertiary/aromatic N) is 2. The molecular weight excluding hydrogens is 382 g/mol. The molecule has 0 spiro atoms. The highest BCUT2D eigenvalue weighted by Crippen LogP contribution is 2.17. The normalized spacial score (nSPS) is 11.6. The zero-order valence-electron chi connectivity index (χ0n) is 14.5. The fraction of sp³-hybridized carbons (Fsp3) is 0.158. The summed E-state index contributed by atoms with van der Waals surface area (Å²) >= 11 is 1.33. The lowest BCUT2D eigenvalue weighted by Crippen LogP contribution is -2.27. The second-order valence-electron chi connectivity index (χ2n) is 5.68. The Labute approximate surface area is 162 Å². The summed E-state index contributed by atoms with van der Waals surface area (Å²) in [6.07, 6.45) is 1.64. The van der Waals surface area contributed by atoms with Crippen LogP contribution in [0, 0.1) is 0 Å². The van der Waals surface area contributed by atoms with E-state index in [-0.39, 0.29) is 17.0 Å². The van der Waals surface area contributed by atoms with Crippen LogP contribution in [0.2, 0.25) is 0 Å². The molecule has 0 aliphatic carbocycles. The third-order valence-electron chi connectivity index (χ3n) is 3.82. The summed E-state index contributed by atoms with van der Waals surface area (Å²) in [7, 11) is -3.55. The number of nitrogens with one attached hydrogen (secondary N) is 1. The lowest BCUT2D eigenvalue weighted by Gasteiger charge is -2.11. The van der Waals surface area contributed by atoms with Crippen LogP contribution >= 0.6 is 11.8 Å². The number of rotatable bonds is 8. The minimum Gasteiger partial charge on any atom is -0.283 e. The maximum absolute atomic E-state index is 12.7. The van der Waals surface area contributed by atoms with Crippen LogP contribution in [0.4, 0.5) is 0 Å². The number of fused-ring (bicyclic) bond motifs is 1. The Bertz CT molecular complexity index is 1110. The fourth-order valence-corrected chi connectivity index (χ4v) is 4.59. The first-order valence-electron chi connectivity index (χ1n) is 8.31. The second-order valence-corrected chi connectivity index (χ2v) is 8.50. The van der Waals surface area contributed by atoms with Gasteiger partial charge in [-0.15, -0.1) is 6.58 Å². The number of benzene rings is 2. The van der Waals surface area contributed by atoms with E-state index in [0.717, 1.165) is 0 Å². The SMILES string of the molecule is C=CCn1c(SCCNS(=O)(=O)c2ccccc2)nc2ccccc2c1=O. The first-order valence-corrected chi connectivity index (χ1v) is 10.8. The van der Waals surface area contributed by atoms with Crippen molar-refractivity contribution >= 4 is 32.7 Å².